The van der Waals surface area contributed by atoms with Crippen molar-refractivity contribution in [2.24, 2.45) is 0 Å². The second kappa shape index (κ2) is 8.68. The van der Waals surface area contributed by atoms with E-state index in [0.29, 0.717) is 5.56 Å². The van der Waals surface area contributed by atoms with Gasteiger partial charge in [-0.05, 0) is 130 Å². The van der Waals surface area contributed by atoms with Crippen molar-refractivity contribution in [2.45, 2.75) is 0 Å². The molecule has 0 spiro atoms. The summed E-state index contributed by atoms with van der Waals surface area (Å²) in [5.41, 5.74) is 0.341. The maximum Gasteiger partial charge on any atom is 0.336 e. The SMILES string of the molecule is O=C(O)c1cccc2c1c1c3ccccc3c3c4ccccc4c4c5ccccc5c5c6ccccc6c6c7ccccc7c2c2c6c5c4c3c12. The van der Waals surface area contributed by atoms with Crippen molar-refractivity contribution in [3.05, 3.63) is 145 Å². The quantitative estimate of drug-likeness (QED) is 0.143. The zero-order valence-corrected chi connectivity index (χ0v) is 27.1. The molecule has 0 unspecified atom stereocenters. The van der Waals surface area contributed by atoms with Crippen LogP contribution in [0.3, 0.4) is 0 Å². The molecule has 13 aromatic rings. The molecular formula is C49H24O2. The summed E-state index contributed by atoms with van der Waals surface area (Å²) >= 11 is 0. The van der Waals surface area contributed by atoms with E-state index in [0.717, 1.165) is 37.7 Å². The van der Waals surface area contributed by atoms with E-state index in [4.69, 9.17) is 0 Å². The average Bonchev–Trinajstić information content (AvgIpc) is 3.19. The van der Waals surface area contributed by atoms with Crippen LogP contribution < -0.4 is 0 Å². The van der Waals surface area contributed by atoms with E-state index in [2.05, 4.69) is 127 Å². The van der Waals surface area contributed by atoms with Crippen LogP contribution >= 0.6 is 0 Å². The average molecular weight is 645 g/mol. The van der Waals surface area contributed by atoms with Crippen LogP contribution in [0.1, 0.15) is 10.4 Å². The summed E-state index contributed by atoms with van der Waals surface area (Å²) in [5.74, 6) is -0.906. The second-order valence-corrected chi connectivity index (χ2v) is 14.3. The molecule has 1 N–H and O–H groups in total. The Morgan fingerprint density at radius 2 is 0.490 bits per heavy atom. The van der Waals surface area contributed by atoms with Gasteiger partial charge in [0.2, 0.25) is 0 Å². The number of carboxylic acids is 1. The van der Waals surface area contributed by atoms with Crippen LogP contribution in [0.5, 0.6) is 0 Å². The number of carboxylic acid groups (broad SMARTS) is 1. The van der Waals surface area contributed by atoms with Gasteiger partial charge in [0, 0.05) is 5.39 Å². The molecule has 13 rings (SSSR count). The molecule has 0 amide bonds. The molecule has 0 bridgehead atoms. The molecule has 51 heavy (non-hydrogen) atoms. The van der Waals surface area contributed by atoms with Gasteiger partial charge in [-0.2, -0.15) is 0 Å². The molecule has 0 atom stereocenters. The third-order valence-corrected chi connectivity index (χ3v) is 12.1. The topological polar surface area (TPSA) is 37.3 Å². The molecule has 232 valence electrons. The minimum absolute atomic E-state index is 0.341. The number of fused-ring (bicyclic) bond motifs is 18. The smallest absolute Gasteiger partial charge is 0.336 e. The van der Waals surface area contributed by atoms with Gasteiger partial charge in [0.05, 0.1) is 5.56 Å². The molecule has 0 aromatic heterocycles. The van der Waals surface area contributed by atoms with E-state index in [1.807, 2.05) is 6.07 Å². The van der Waals surface area contributed by atoms with Crippen LogP contribution in [-0.2, 0) is 0 Å². The minimum atomic E-state index is -0.906. The summed E-state index contributed by atoms with van der Waals surface area (Å²) in [5, 5.41) is 39.5. The summed E-state index contributed by atoms with van der Waals surface area (Å²) in [4.78, 5) is 13.2. The fourth-order valence-corrected chi connectivity index (χ4v) is 10.5. The Labute approximate surface area is 289 Å². The summed E-state index contributed by atoms with van der Waals surface area (Å²) in [6.07, 6.45) is 0. The van der Waals surface area contributed by atoms with Crippen molar-refractivity contribution < 1.29 is 9.90 Å². The van der Waals surface area contributed by atoms with Gasteiger partial charge in [-0.1, -0.05) is 133 Å². The van der Waals surface area contributed by atoms with E-state index in [1.54, 1.807) is 6.07 Å². The lowest BCUT2D eigenvalue weighted by Gasteiger charge is -2.28. The summed E-state index contributed by atoms with van der Waals surface area (Å²) in [6.45, 7) is 0. The molecular weight excluding hydrogens is 621 g/mol. The number of carbonyl (C=O) groups is 1. The zero-order valence-electron chi connectivity index (χ0n) is 27.1. The highest BCUT2D eigenvalue weighted by Crippen LogP contribution is 2.59. The highest BCUT2D eigenvalue weighted by atomic mass is 16.4. The van der Waals surface area contributed by atoms with Crippen LogP contribution in [0.4, 0.5) is 0 Å². The number of aromatic carboxylic acids is 1. The van der Waals surface area contributed by atoms with Crippen LogP contribution in [0, 0.1) is 0 Å². The first kappa shape index (κ1) is 26.1. The maximum absolute atomic E-state index is 13.2. The highest BCUT2D eigenvalue weighted by molar-refractivity contribution is 6.61. The lowest BCUT2D eigenvalue weighted by Crippen LogP contribution is -2.02. The summed E-state index contributed by atoms with van der Waals surface area (Å²) in [6, 6.07) is 50.2. The fraction of sp³-hybridized carbons (Fsp3) is 0. The van der Waals surface area contributed by atoms with E-state index < -0.39 is 5.97 Å². The molecule has 13 aromatic carbocycles. The molecule has 0 saturated carbocycles. The maximum atomic E-state index is 13.2. The van der Waals surface area contributed by atoms with Gasteiger partial charge < -0.3 is 5.11 Å². The Morgan fingerprint density at radius 3 is 0.784 bits per heavy atom. The first-order chi connectivity index (χ1) is 25.2. The van der Waals surface area contributed by atoms with Crippen molar-refractivity contribution in [1.29, 1.82) is 0 Å². The van der Waals surface area contributed by atoms with Crippen molar-refractivity contribution in [2.75, 3.05) is 0 Å². The molecule has 0 saturated heterocycles. The van der Waals surface area contributed by atoms with Gasteiger partial charge >= 0.3 is 5.97 Å². The molecule has 0 heterocycles. The Bertz CT molecular complexity index is 3600. The predicted molar refractivity (Wildman–Crippen MR) is 217 cm³/mol. The lowest BCUT2D eigenvalue weighted by molar-refractivity contribution is 0.0699. The van der Waals surface area contributed by atoms with Crippen molar-refractivity contribution >= 4 is 135 Å². The second-order valence-electron chi connectivity index (χ2n) is 14.3. The third kappa shape index (κ3) is 2.79. The van der Waals surface area contributed by atoms with Crippen molar-refractivity contribution in [3.8, 4) is 0 Å². The largest absolute Gasteiger partial charge is 0.478 e. The summed E-state index contributed by atoms with van der Waals surface area (Å²) in [7, 11) is 0. The monoisotopic (exact) mass is 644 g/mol. The zero-order chi connectivity index (χ0) is 33.3. The van der Waals surface area contributed by atoms with Crippen LogP contribution in [0.2, 0.25) is 0 Å². The van der Waals surface area contributed by atoms with Gasteiger partial charge in [0.25, 0.3) is 0 Å². The third-order valence-electron chi connectivity index (χ3n) is 12.1. The minimum Gasteiger partial charge on any atom is -0.478 e. The van der Waals surface area contributed by atoms with Gasteiger partial charge in [-0.25, -0.2) is 4.79 Å². The molecule has 2 nitrogen and oxygen atoms in total. The fourth-order valence-electron chi connectivity index (χ4n) is 10.5. The molecule has 0 aliphatic heterocycles. The number of rotatable bonds is 1. The molecule has 0 radical (unpaired) electrons. The van der Waals surface area contributed by atoms with Crippen molar-refractivity contribution in [1.82, 2.24) is 0 Å². The van der Waals surface area contributed by atoms with Gasteiger partial charge in [0.15, 0.2) is 0 Å². The van der Waals surface area contributed by atoms with Crippen LogP contribution in [-0.4, -0.2) is 11.1 Å². The normalized spacial score (nSPS) is 12.9. The van der Waals surface area contributed by atoms with Gasteiger partial charge in [0.1, 0.15) is 0 Å². The number of benzene rings is 13. The number of hydrogen-bond donors (Lipinski definition) is 1. The predicted octanol–water partition coefficient (Wildman–Crippen LogP) is 13.5. The van der Waals surface area contributed by atoms with Crippen molar-refractivity contribution in [3.63, 3.8) is 0 Å². The Kier molecular flexibility index (Phi) is 4.45. The molecule has 0 fully saturated rings. The van der Waals surface area contributed by atoms with E-state index in [1.165, 1.54) is 91.6 Å². The van der Waals surface area contributed by atoms with E-state index >= 15 is 0 Å². The Balaban J connectivity index is 1.61. The van der Waals surface area contributed by atoms with Gasteiger partial charge in [-0.15, -0.1) is 0 Å². The van der Waals surface area contributed by atoms with E-state index in [9.17, 15) is 9.90 Å². The molecule has 0 aliphatic rings. The lowest BCUT2D eigenvalue weighted by atomic mass is 9.74. The molecule has 0 aliphatic carbocycles. The highest BCUT2D eigenvalue weighted by Gasteiger charge is 2.31. The summed E-state index contributed by atoms with van der Waals surface area (Å²) < 4.78 is 0. The Hall–Kier alpha value is -6.77. The van der Waals surface area contributed by atoms with Crippen LogP contribution in [0.25, 0.3) is 129 Å². The first-order valence-corrected chi connectivity index (χ1v) is 17.6. The van der Waals surface area contributed by atoms with Gasteiger partial charge in [-0.3, -0.25) is 0 Å². The van der Waals surface area contributed by atoms with Crippen LogP contribution in [0.15, 0.2) is 140 Å². The Morgan fingerprint density at radius 1 is 0.255 bits per heavy atom. The van der Waals surface area contributed by atoms with E-state index in [-0.39, 0.29) is 0 Å². The number of hydrogen-bond acceptors (Lipinski definition) is 1. The first-order valence-electron chi connectivity index (χ1n) is 17.6. The standard InChI is InChI=1S/C49H24O2/c50-49(51)35-23-11-22-34-40-31-19-8-7-18-30(31)38-27-15-4-2-13-25(27)36-24-12-1-3-14-26(24)37-28-16-5-6-17-29(28)39-32-20-9-10-21-33(32)42(41(34)35)48-46(39)44(37)43(36)45(38)47(40)48/h1-23H,(H,50,51). The molecule has 2 heteroatoms.